The molecule has 2 aliphatic rings. The number of hydrogen-bond acceptors (Lipinski definition) is 3. The molecule has 0 aliphatic carbocycles. The van der Waals surface area contributed by atoms with Crippen LogP contribution >= 0.6 is 11.6 Å². The number of rotatable bonds is 3. The van der Waals surface area contributed by atoms with Gasteiger partial charge in [0, 0.05) is 17.3 Å². The lowest BCUT2D eigenvalue weighted by atomic mass is 10.0. The lowest BCUT2D eigenvalue weighted by Gasteiger charge is -2.22. The number of amides is 2. The highest BCUT2D eigenvalue weighted by molar-refractivity contribution is 6.46. The molecule has 2 amide bonds. The topological polar surface area (TPSA) is 40.6 Å². The van der Waals surface area contributed by atoms with Crippen LogP contribution in [-0.2, 0) is 16.0 Å². The van der Waals surface area contributed by atoms with E-state index in [1.54, 1.807) is 18.2 Å². The van der Waals surface area contributed by atoms with Crippen molar-refractivity contribution in [3.8, 4) is 0 Å². The van der Waals surface area contributed by atoms with Crippen LogP contribution in [0.2, 0.25) is 5.02 Å². The maximum absolute atomic E-state index is 13.7. The van der Waals surface area contributed by atoms with Gasteiger partial charge in [-0.1, -0.05) is 48.0 Å². The molecule has 0 saturated heterocycles. The third kappa shape index (κ3) is 3.13. The molecule has 3 aromatic rings. The Labute approximate surface area is 184 Å². The van der Waals surface area contributed by atoms with Crippen LogP contribution in [-0.4, -0.2) is 18.4 Å². The summed E-state index contributed by atoms with van der Waals surface area (Å²) in [6, 6.07) is 18.6. The van der Waals surface area contributed by atoms with Crippen LogP contribution in [0.3, 0.4) is 0 Å². The maximum Gasteiger partial charge on any atom is 0.282 e. The molecule has 5 rings (SSSR count). The number of benzene rings is 3. The number of aryl methyl sites for hydroxylation is 1. The van der Waals surface area contributed by atoms with Gasteiger partial charge in [0.1, 0.15) is 11.5 Å². The van der Waals surface area contributed by atoms with E-state index in [9.17, 15) is 14.0 Å². The van der Waals surface area contributed by atoms with E-state index in [1.807, 2.05) is 36.1 Å². The fourth-order valence-corrected chi connectivity index (χ4v) is 4.42. The van der Waals surface area contributed by atoms with Crippen molar-refractivity contribution < 1.29 is 14.0 Å². The Kier molecular flexibility index (Phi) is 4.63. The van der Waals surface area contributed by atoms with Crippen LogP contribution in [0.5, 0.6) is 0 Å². The highest BCUT2D eigenvalue weighted by Crippen LogP contribution is 2.41. The summed E-state index contributed by atoms with van der Waals surface area (Å²) in [5.41, 5.74) is 4.30. The second kappa shape index (κ2) is 7.36. The Balaban J connectivity index is 1.71. The summed E-state index contributed by atoms with van der Waals surface area (Å²) in [4.78, 5) is 30.4. The minimum atomic E-state index is -0.443. The van der Waals surface area contributed by atoms with E-state index >= 15 is 0 Å². The zero-order valence-corrected chi connectivity index (χ0v) is 17.5. The molecule has 6 heteroatoms. The number of nitrogens with zero attached hydrogens (tertiary/aromatic N) is 2. The van der Waals surface area contributed by atoms with Crippen molar-refractivity contribution in [3.63, 3.8) is 0 Å². The summed E-state index contributed by atoms with van der Waals surface area (Å²) in [6.45, 7) is 2.41. The van der Waals surface area contributed by atoms with Crippen LogP contribution in [0.1, 0.15) is 16.7 Å². The van der Waals surface area contributed by atoms with Gasteiger partial charge in [-0.2, -0.15) is 0 Å². The Bertz CT molecular complexity index is 1270. The lowest BCUT2D eigenvalue weighted by Crippen LogP contribution is -2.35. The minimum Gasteiger partial charge on any atom is -0.336 e. The molecule has 0 saturated carbocycles. The summed E-state index contributed by atoms with van der Waals surface area (Å²) in [5.74, 6) is -1.26. The number of imide groups is 1. The van der Waals surface area contributed by atoms with Gasteiger partial charge in [-0.3, -0.25) is 9.59 Å². The quantitative estimate of drug-likeness (QED) is 0.538. The fraction of sp³-hybridized carbons (Fsp3) is 0.120. The van der Waals surface area contributed by atoms with E-state index in [0.29, 0.717) is 28.5 Å². The van der Waals surface area contributed by atoms with E-state index < -0.39 is 17.6 Å². The fourth-order valence-electron chi connectivity index (χ4n) is 4.26. The van der Waals surface area contributed by atoms with Gasteiger partial charge in [-0.15, -0.1) is 0 Å². The van der Waals surface area contributed by atoms with E-state index in [4.69, 9.17) is 11.6 Å². The smallest absolute Gasteiger partial charge is 0.282 e. The number of anilines is 2. The first-order chi connectivity index (χ1) is 15.0. The number of halogens is 2. The van der Waals surface area contributed by atoms with Crippen LogP contribution in [0.15, 0.2) is 72.4 Å². The van der Waals surface area contributed by atoms with Crippen molar-refractivity contribution in [2.45, 2.75) is 13.3 Å². The van der Waals surface area contributed by atoms with Gasteiger partial charge in [0.05, 0.1) is 11.3 Å². The molecular weight excluding hydrogens is 415 g/mol. The molecule has 31 heavy (non-hydrogen) atoms. The van der Waals surface area contributed by atoms with Crippen LogP contribution in [0, 0.1) is 12.7 Å². The molecule has 2 aliphatic heterocycles. The van der Waals surface area contributed by atoms with E-state index in [0.717, 1.165) is 23.2 Å². The molecule has 0 aromatic heterocycles. The molecule has 0 spiro atoms. The first-order valence-electron chi connectivity index (χ1n) is 9.96. The third-order valence-electron chi connectivity index (χ3n) is 5.76. The number of hydrogen-bond donors (Lipinski definition) is 0. The largest absolute Gasteiger partial charge is 0.336 e. The second-order valence-electron chi connectivity index (χ2n) is 7.64. The van der Waals surface area contributed by atoms with Gasteiger partial charge in [0.15, 0.2) is 0 Å². The molecule has 154 valence electrons. The summed E-state index contributed by atoms with van der Waals surface area (Å²) >= 11 is 6.18. The molecule has 0 unspecified atom stereocenters. The first-order valence-corrected chi connectivity index (χ1v) is 10.3. The first kappa shape index (κ1) is 19.5. The van der Waals surface area contributed by atoms with Crippen molar-refractivity contribution in [3.05, 3.63) is 100.0 Å². The predicted molar refractivity (Wildman–Crippen MR) is 119 cm³/mol. The molecule has 0 N–H and O–H groups in total. The minimum absolute atomic E-state index is 0.265. The summed E-state index contributed by atoms with van der Waals surface area (Å²) < 4.78 is 13.6. The second-order valence-corrected chi connectivity index (χ2v) is 8.07. The molecular formula is C25H18ClFN2O2. The average molecular weight is 433 g/mol. The maximum atomic E-state index is 13.7. The summed E-state index contributed by atoms with van der Waals surface area (Å²) in [5, 5.41) is 0.435. The van der Waals surface area contributed by atoms with Crippen molar-refractivity contribution in [2.75, 3.05) is 16.3 Å². The zero-order valence-electron chi connectivity index (χ0n) is 16.7. The third-order valence-corrected chi connectivity index (χ3v) is 6.00. The molecule has 0 fully saturated rings. The van der Waals surface area contributed by atoms with Gasteiger partial charge in [-0.25, -0.2) is 9.29 Å². The van der Waals surface area contributed by atoms with Gasteiger partial charge < -0.3 is 4.90 Å². The molecule has 0 radical (unpaired) electrons. The van der Waals surface area contributed by atoms with Crippen molar-refractivity contribution >= 4 is 40.4 Å². The van der Waals surface area contributed by atoms with Crippen molar-refractivity contribution in [2.24, 2.45) is 0 Å². The van der Waals surface area contributed by atoms with Crippen LogP contribution < -0.4 is 9.80 Å². The number of carbonyl (C=O) groups is 2. The molecule has 0 bridgehead atoms. The van der Waals surface area contributed by atoms with Crippen LogP contribution in [0.4, 0.5) is 15.8 Å². The Morgan fingerprint density at radius 1 is 0.903 bits per heavy atom. The highest BCUT2D eigenvalue weighted by atomic mass is 35.5. The average Bonchev–Trinajstić information content (AvgIpc) is 3.29. The summed E-state index contributed by atoms with van der Waals surface area (Å²) in [6.07, 6.45) is 0.772. The Morgan fingerprint density at radius 3 is 2.42 bits per heavy atom. The van der Waals surface area contributed by atoms with Crippen molar-refractivity contribution in [1.29, 1.82) is 0 Å². The van der Waals surface area contributed by atoms with Crippen molar-refractivity contribution in [1.82, 2.24) is 0 Å². The van der Waals surface area contributed by atoms with E-state index in [1.165, 1.54) is 29.2 Å². The number of fused-ring (bicyclic) bond motifs is 1. The van der Waals surface area contributed by atoms with E-state index in [2.05, 4.69) is 0 Å². The summed E-state index contributed by atoms with van der Waals surface area (Å²) in [7, 11) is 0. The van der Waals surface area contributed by atoms with Crippen LogP contribution in [0.25, 0.3) is 5.57 Å². The Morgan fingerprint density at radius 2 is 1.65 bits per heavy atom. The molecule has 3 aromatic carbocycles. The predicted octanol–water partition coefficient (Wildman–Crippen LogP) is 5.13. The number of carbonyl (C=O) groups excluding carboxylic acids is 2. The van der Waals surface area contributed by atoms with Gasteiger partial charge >= 0.3 is 0 Å². The molecule has 2 heterocycles. The zero-order chi connectivity index (χ0) is 21.7. The van der Waals surface area contributed by atoms with E-state index in [-0.39, 0.29) is 5.57 Å². The van der Waals surface area contributed by atoms with Gasteiger partial charge in [0.25, 0.3) is 11.8 Å². The normalized spacial score (nSPS) is 15.8. The SMILES string of the molecule is Cc1ccc(Cl)cc1N1C(=O)C(c2ccc(F)cc2)=C(N2CCc3ccccc32)C1=O. The molecule has 0 atom stereocenters. The van der Waals surface area contributed by atoms with Gasteiger partial charge in [0.2, 0.25) is 0 Å². The highest BCUT2D eigenvalue weighted by Gasteiger charge is 2.44. The standard InChI is InChI=1S/C25H18ClFN2O2/c1-15-6-9-18(26)14-21(15)29-24(30)22(17-7-10-19(27)11-8-17)23(25(29)31)28-13-12-16-4-2-3-5-20(16)28/h2-11,14H,12-13H2,1H3. The Hall–Kier alpha value is -3.44. The number of para-hydroxylation sites is 1. The molecule has 4 nitrogen and oxygen atoms in total. The lowest BCUT2D eigenvalue weighted by molar-refractivity contribution is -0.120. The monoisotopic (exact) mass is 432 g/mol. The van der Waals surface area contributed by atoms with Gasteiger partial charge in [-0.05, 0) is 60.4 Å².